The summed E-state index contributed by atoms with van der Waals surface area (Å²) < 4.78 is 7.85. The second-order valence-corrected chi connectivity index (χ2v) is 6.61. The molecule has 2 aromatic heterocycles. The average Bonchev–Trinajstić information content (AvgIpc) is 3.11. The molecule has 0 N–H and O–H groups in total. The van der Waals surface area contributed by atoms with Crippen molar-refractivity contribution in [3.8, 4) is 5.75 Å². The number of likely N-dealkylation sites (tertiary alicyclic amines) is 1. The van der Waals surface area contributed by atoms with Gasteiger partial charge in [0.2, 0.25) is 0 Å². The highest BCUT2D eigenvalue weighted by Gasteiger charge is 2.25. The third-order valence-electron chi connectivity index (χ3n) is 4.48. The van der Waals surface area contributed by atoms with Crippen molar-refractivity contribution in [2.24, 2.45) is 0 Å². The number of amides is 1. The van der Waals surface area contributed by atoms with Crippen molar-refractivity contribution < 1.29 is 9.53 Å². The van der Waals surface area contributed by atoms with Crippen LogP contribution in [0, 0.1) is 0 Å². The van der Waals surface area contributed by atoms with E-state index in [1.807, 2.05) is 58.1 Å². The first-order chi connectivity index (χ1) is 12.2. The number of nitrogens with zero attached hydrogens (tertiary/aromatic N) is 3. The van der Waals surface area contributed by atoms with Crippen LogP contribution >= 0.6 is 11.6 Å². The Morgan fingerprint density at radius 2 is 1.88 bits per heavy atom. The summed E-state index contributed by atoms with van der Waals surface area (Å²) in [7, 11) is 0. The summed E-state index contributed by atoms with van der Waals surface area (Å²) in [4.78, 5) is 18.8. The molecule has 5 nitrogen and oxygen atoms in total. The fraction of sp³-hybridized carbons (Fsp3) is 0.263. The Morgan fingerprint density at radius 1 is 1.12 bits per heavy atom. The largest absolute Gasteiger partial charge is 0.490 e. The van der Waals surface area contributed by atoms with E-state index in [0.717, 1.165) is 24.2 Å². The highest BCUT2D eigenvalue weighted by atomic mass is 35.5. The topological polar surface area (TPSA) is 46.8 Å². The van der Waals surface area contributed by atoms with Gasteiger partial charge in [-0.25, -0.2) is 4.98 Å². The molecule has 4 rings (SSSR count). The van der Waals surface area contributed by atoms with Gasteiger partial charge in [0, 0.05) is 49.5 Å². The molecule has 1 saturated heterocycles. The minimum Gasteiger partial charge on any atom is -0.490 e. The van der Waals surface area contributed by atoms with E-state index in [0.29, 0.717) is 23.7 Å². The van der Waals surface area contributed by atoms with Crippen molar-refractivity contribution in [3.05, 3.63) is 65.6 Å². The molecule has 0 radical (unpaired) electrons. The summed E-state index contributed by atoms with van der Waals surface area (Å²) >= 11 is 5.89. The number of imidazole rings is 1. The molecule has 25 heavy (non-hydrogen) atoms. The molecule has 1 aromatic carbocycles. The van der Waals surface area contributed by atoms with Crippen LogP contribution in [0.3, 0.4) is 0 Å². The Kier molecular flexibility index (Phi) is 4.32. The number of piperidine rings is 1. The number of rotatable bonds is 3. The fourth-order valence-electron chi connectivity index (χ4n) is 3.11. The summed E-state index contributed by atoms with van der Waals surface area (Å²) in [5, 5.41) is 0.697. The zero-order valence-corrected chi connectivity index (χ0v) is 14.4. The predicted molar refractivity (Wildman–Crippen MR) is 96.2 cm³/mol. The maximum Gasteiger partial charge on any atom is 0.255 e. The number of halogens is 1. The van der Waals surface area contributed by atoms with E-state index in [2.05, 4.69) is 4.98 Å². The summed E-state index contributed by atoms with van der Waals surface area (Å²) in [6.07, 6.45) is 7.17. The summed E-state index contributed by atoms with van der Waals surface area (Å²) in [6, 6.07) is 11.1. The molecule has 3 aromatic rings. The first-order valence-electron chi connectivity index (χ1n) is 8.33. The van der Waals surface area contributed by atoms with E-state index in [4.69, 9.17) is 16.3 Å². The molecule has 0 bridgehead atoms. The molecule has 0 aliphatic carbocycles. The van der Waals surface area contributed by atoms with Gasteiger partial charge in [0.05, 0.1) is 5.56 Å². The van der Waals surface area contributed by atoms with Gasteiger partial charge in [0.1, 0.15) is 17.5 Å². The van der Waals surface area contributed by atoms with E-state index in [-0.39, 0.29) is 12.0 Å². The van der Waals surface area contributed by atoms with Crippen LogP contribution in [-0.4, -0.2) is 39.4 Å². The third-order valence-corrected chi connectivity index (χ3v) is 4.73. The number of carbonyl (C=O) groups excluding carboxylic acids is 1. The smallest absolute Gasteiger partial charge is 0.255 e. The second kappa shape index (κ2) is 6.76. The van der Waals surface area contributed by atoms with Gasteiger partial charge in [0.15, 0.2) is 0 Å². The van der Waals surface area contributed by atoms with Gasteiger partial charge < -0.3 is 14.0 Å². The van der Waals surface area contributed by atoms with Crippen LogP contribution in [0.5, 0.6) is 5.75 Å². The molecule has 0 saturated carbocycles. The van der Waals surface area contributed by atoms with Gasteiger partial charge in [0.25, 0.3) is 5.91 Å². The first kappa shape index (κ1) is 16.0. The number of fused-ring (bicyclic) bond motifs is 1. The molecule has 6 heteroatoms. The van der Waals surface area contributed by atoms with Crippen LogP contribution in [0.15, 0.2) is 55.0 Å². The Morgan fingerprint density at radius 3 is 2.64 bits per heavy atom. The van der Waals surface area contributed by atoms with Gasteiger partial charge in [-0.1, -0.05) is 11.6 Å². The number of pyridine rings is 1. The van der Waals surface area contributed by atoms with E-state index in [1.165, 1.54) is 0 Å². The minimum atomic E-state index is 0.0561. The number of ether oxygens (including phenoxy) is 1. The van der Waals surface area contributed by atoms with E-state index in [9.17, 15) is 4.79 Å². The fourth-order valence-corrected chi connectivity index (χ4v) is 3.24. The molecular formula is C19H18ClN3O2. The van der Waals surface area contributed by atoms with Gasteiger partial charge in [-0.3, -0.25) is 4.79 Å². The minimum absolute atomic E-state index is 0.0561. The predicted octanol–water partition coefficient (Wildman–Crippen LogP) is 3.67. The van der Waals surface area contributed by atoms with Crippen molar-refractivity contribution in [3.63, 3.8) is 0 Å². The van der Waals surface area contributed by atoms with Crippen LogP contribution in [0.4, 0.5) is 0 Å². The Labute approximate surface area is 150 Å². The lowest BCUT2D eigenvalue weighted by atomic mass is 10.1. The van der Waals surface area contributed by atoms with Gasteiger partial charge in [-0.05, 0) is 36.4 Å². The normalized spacial score (nSPS) is 15.5. The standard InChI is InChI=1S/C19H18ClN3O2/c20-15-2-4-16(5-3-15)25-17-7-10-22(11-8-17)19(24)14-1-6-18-21-9-12-23(18)13-14/h1-6,9,12-13,17H,7-8,10-11H2. The quantitative estimate of drug-likeness (QED) is 0.720. The maximum atomic E-state index is 12.7. The van der Waals surface area contributed by atoms with Crippen LogP contribution in [-0.2, 0) is 0 Å². The third kappa shape index (κ3) is 3.46. The van der Waals surface area contributed by atoms with E-state index < -0.39 is 0 Å². The SMILES string of the molecule is O=C(c1ccc2nccn2c1)N1CCC(Oc2ccc(Cl)cc2)CC1. The number of benzene rings is 1. The first-order valence-corrected chi connectivity index (χ1v) is 8.71. The van der Waals surface area contributed by atoms with Crippen LogP contribution < -0.4 is 4.74 Å². The lowest BCUT2D eigenvalue weighted by Gasteiger charge is -2.32. The van der Waals surface area contributed by atoms with Crippen molar-refractivity contribution in [1.82, 2.24) is 14.3 Å². The molecule has 1 amide bonds. The molecule has 0 unspecified atom stereocenters. The van der Waals surface area contributed by atoms with E-state index in [1.54, 1.807) is 6.20 Å². The zero-order chi connectivity index (χ0) is 17.2. The lowest BCUT2D eigenvalue weighted by Crippen LogP contribution is -2.41. The van der Waals surface area contributed by atoms with Gasteiger partial charge >= 0.3 is 0 Å². The molecule has 1 fully saturated rings. The van der Waals surface area contributed by atoms with Crippen LogP contribution in [0.1, 0.15) is 23.2 Å². The lowest BCUT2D eigenvalue weighted by molar-refractivity contribution is 0.0595. The number of carbonyl (C=O) groups is 1. The summed E-state index contributed by atoms with van der Waals surface area (Å²) in [5.74, 6) is 0.875. The van der Waals surface area contributed by atoms with Crippen molar-refractivity contribution >= 4 is 23.2 Å². The Bertz CT molecular complexity index is 883. The molecule has 0 atom stereocenters. The van der Waals surface area contributed by atoms with E-state index >= 15 is 0 Å². The molecule has 3 heterocycles. The maximum absolute atomic E-state index is 12.7. The highest BCUT2D eigenvalue weighted by Crippen LogP contribution is 2.22. The van der Waals surface area contributed by atoms with Gasteiger partial charge in [-0.2, -0.15) is 0 Å². The number of hydrogen-bond acceptors (Lipinski definition) is 3. The van der Waals surface area contributed by atoms with Gasteiger partial charge in [-0.15, -0.1) is 0 Å². The van der Waals surface area contributed by atoms with Crippen molar-refractivity contribution in [1.29, 1.82) is 0 Å². The van der Waals surface area contributed by atoms with Crippen LogP contribution in [0.2, 0.25) is 5.02 Å². The Balaban J connectivity index is 1.37. The highest BCUT2D eigenvalue weighted by molar-refractivity contribution is 6.30. The Hall–Kier alpha value is -2.53. The second-order valence-electron chi connectivity index (χ2n) is 6.17. The summed E-state index contributed by atoms with van der Waals surface area (Å²) in [6.45, 7) is 1.39. The monoisotopic (exact) mass is 355 g/mol. The van der Waals surface area contributed by atoms with Crippen LogP contribution in [0.25, 0.3) is 5.65 Å². The van der Waals surface area contributed by atoms with Crippen molar-refractivity contribution in [2.75, 3.05) is 13.1 Å². The average molecular weight is 356 g/mol. The number of aromatic nitrogens is 2. The number of hydrogen-bond donors (Lipinski definition) is 0. The molecule has 128 valence electrons. The molecule has 0 spiro atoms. The summed E-state index contributed by atoms with van der Waals surface area (Å²) in [5.41, 5.74) is 1.52. The van der Waals surface area contributed by atoms with Crippen molar-refractivity contribution in [2.45, 2.75) is 18.9 Å². The zero-order valence-electron chi connectivity index (χ0n) is 13.6. The molecule has 1 aliphatic heterocycles. The molecule has 1 aliphatic rings. The molecular weight excluding hydrogens is 338 g/mol.